The minimum atomic E-state index is -1.33. The van der Waals surface area contributed by atoms with E-state index in [9.17, 15) is 14.4 Å². The molecule has 5 rings (SSSR count). The summed E-state index contributed by atoms with van der Waals surface area (Å²) in [6.07, 6.45) is 6.53. The van der Waals surface area contributed by atoms with Crippen LogP contribution in [0, 0.1) is 23.7 Å². The van der Waals surface area contributed by atoms with Gasteiger partial charge < -0.3 is 14.8 Å². The first-order chi connectivity index (χ1) is 16.2. The largest absolute Gasteiger partial charge is 0.448 e. The Kier molecular flexibility index (Phi) is 5.55. The highest BCUT2D eigenvalue weighted by molar-refractivity contribution is 5.97. The summed E-state index contributed by atoms with van der Waals surface area (Å²) in [6, 6.07) is 9.89. The zero-order valence-electron chi connectivity index (χ0n) is 20.2. The number of hydrogen-bond donors (Lipinski definition) is 1. The molecule has 1 saturated carbocycles. The van der Waals surface area contributed by atoms with Gasteiger partial charge in [-0.3, -0.25) is 14.4 Å². The highest BCUT2D eigenvalue weighted by Crippen LogP contribution is 2.63. The average Bonchev–Trinajstić information content (AvgIpc) is 3.43. The van der Waals surface area contributed by atoms with Gasteiger partial charge in [0.1, 0.15) is 0 Å². The Hall–Kier alpha value is -2.73. The molecule has 1 amide bonds. The van der Waals surface area contributed by atoms with Crippen LogP contribution in [0.2, 0.25) is 0 Å². The van der Waals surface area contributed by atoms with Crippen LogP contribution in [0.25, 0.3) is 0 Å². The van der Waals surface area contributed by atoms with Crippen molar-refractivity contribution in [3.05, 3.63) is 59.7 Å². The number of carbonyl (C=O) groups is 3. The van der Waals surface area contributed by atoms with E-state index in [1.165, 1.54) is 0 Å². The number of Topliss-reactive ketones (excluding diaryl/α,β-unsaturated/α-hetero) is 1. The maximum atomic E-state index is 13.8. The number of benzene rings is 1. The second-order valence-corrected chi connectivity index (χ2v) is 10.6. The first-order valence-corrected chi connectivity index (χ1v) is 12.3. The lowest BCUT2D eigenvalue weighted by Crippen LogP contribution is -2.61. The van der Waals surface area contributed by atoms with Crippen LogP contribution < -0.4 is 5.32 Å². The molecule has 3 heterocycles. The fourth-order valence-electron chi connectivity index (χ4n) is 6.50. The Bertz CT molecular complexity index is 1080. The number of fused-ring (bicyclic) bond motifs is 2. The Morgan fingerprint density at radius 2 is 1.85 bits per heavy atom. The lowest BCUT2D eigenvalue weighted by Gasteiger charge is -2.46. The average molecular weight is 464 g/mol. The molecule has 0 bridgehead atoms. The van der Waals surface area contributed by atoms with Crippen LogP contribution in [-0.4, -0.2) is 41.0 Å². The van der Waals surface area contributed by atoms with Gasteiger partial charge in [0.2, 0.25) is 5.60 Å². The van der Waals surface area contributed by atoms with Crippen molar-refractivity contribution >= 4 is 17.7 Å². The molecule has 1 aromatic rings. The Morgan fingerprint density at radius 1 is 1.12 bits per heavy atom. The van der Waals surface area contributed by atoms with E-state index in [-0.39, 0.29) is 53.6 Å². The van der Waals surface area contributed by atoms with Crippen LogP contribution in [0.4, 0.5) is 0 Å². The van der Waals surface area contributed by atoms with E-state index in [2.05, 4.69) is 31.3 Å². The highest BCUT2D eigenvalue weighted by Gasteiger charge is 2.78. The number of amides is 1. The molecule has 3 aliphatic heterocycles. The molecule has 1 N–H and O–H groups in total. The fourth-order valence-corrected chi connectivity index (χ4v) is 6.50. The first kappa shape index (κ1) is 23.0. The van der Waals surface area contributed by atoms with Crippen LogP contribution in [0.3, 0.4) is 0 Å². The Morgan fingerprint density at radius 3 is 2.59 bits per heavy atom. The number of esters is 1. The number of hydrogen-bond acceptors (Lipinski definition) is 5. The molecule has 1 aliphatic carbocycles. The molecule has 6 heteroatoms. The van der Waals surface area contributed by atoms with Crippen molar-refractivity contribution in [2.75, 3.05) is 0 Å². The number of ether oxygens (including phenoxy) is 2. The molecule has 34 heavy (non-hydrogen) atoms. The van der Waals surface area contributed by atoms with E-state index in [1.54, 1.807) is 13.0 Å². The Labute approximate surface area is 200 Å². The minimum absolute atomic E-state index is 0.00768. The van der Waals surface area contributed by atoms with E-state index in [0.717, 1.165) is 5.56 Å². The number of allylic oxidation sites excluding steroid dienone is 2. The molecular formula is C28H33NO5. The topological polar surface area (TPSA) is 85.0 Å². The van der Waals surface area contributed by atoms with Crippen molar-refractivity contribution in [1.82, 2.24) is 5.32 Å². The van der Waals surface area contributed by atoms with Gasteiger partial charge in [-0.1, -0.05) is 62.4 Å². The summed E-state index contributed by atoms with van der Waals surface area (Å²) in [5.74, 6) is -1.55. The number of rotatable bonds is 2. The van der Waals surface area contributed by atoms with Gasteiger partial charge in [0, 0.05) is 17.9 Å². The summed E-state index contributed by atoms with van der Waals surface area (Å²) in [5, 5.41) is 3.21. The van der Waals surface area contributed by atoms with E-state index >= 15 is 0 Å². The van der Waals surface area contributed by atoms with Crippen LogP contribution >= 0.6 is 0 Å². The third-order valence-electron chi connectivity index (χ3n) is 8.58. The number of nitrogens with one attached hydrogen (secondary N) is 1. The van der Waals surface area contributed by atoms with Gasteiger partial charge in [-0.25, -0.2) is 0 Å². The van der Waals surface area contributed by atoms with Crippen molar-refractivity contribution < 1.29 is 23.9 Å². The predicted molar refractivity (Wildman–Crippen MR) is 127 cm³/mol. The molecule has 0 radical (unpaired) electrons. The molecule has 1 spiro atoms. The van der Waals surface area contributed by atoms with Crippen molar-refractivity contribution in [2.45, 2.75) is 70.3 Å². The third kappa shape index (κ3) is 3.46. The maximum Gasteiger partial charge on any atom is 0.310 e. The molecule has 0 unspecified atom stereocenters. The molecule has 1 aromatic carbocycles. The van der Waals surface area contributed by atoms with Crippen LogP contribution in [0.15, 0.2) is 54.1 Å². The Balaban J connectivity index is 1.58. The van der Waals surface area contributed by atoms with Crippen molar-refractivity contribution in [2.24, 2.45) is 23.7 Å². The SMILES string of the molecule is C/C1=C/CC(=O)O[C@]23C(=O)N[C@H](Cc4ccccc4)[C@@H]2[C@H](C)[C@]2(C)O[C@@H]2[C@H]3/C=C/C[C@H](C)C1=O. The normalized spacial score (nSPS) is 44.1. The highest BCUT2D eigenvalue weighted by atomic mass is 16.6. The summed E-state index contributed by atoms with van der Waals surface area (Å²) in [4.78, 5) is 39.5. The minimum Gasteiger partial charge on any atom is -0.448 e. The van der Waals surface area contributed by atoms with Gasteiger partial charge in [-0.2, -0.15) is 0 Å². The number of ketones is 1. The van der Waals surface area contributed by atoms with Gasteiger partial charge in [0.15, 0.2) is 5.78 Å². The smallest absolute Gasteiger partial charge is 0.310 e. The predicted octanol–water partition coefficient (Wildman–Crippen LogP) is 3.55. The quantitative estimate of drug-likeness (QED) is 0.412. The van der Waals surface area contributed by atoms with Crippen LogP contribution in [-0.2, 0) is 30.3 Å². The van der Waals surface area contributed by atoms with Gasteiger partial charge in [-0.05, 0) is 43.7 Å². The van der Waals surface area contributed by atoms with E-state index in [1.807, 2.05) is 37.3 Å². The second kappa shape index (κ2) is 8.19. The van der Waals surface area contributed by atoms with E-state index in [0.29, 0.717) is 18.4 Å². The molecule has 180 valence electrons. The van der Waals surface area contributed by atoms with Crippen LogP contribution in [0.5, 0.6) is 0 Å². The second-order valence-electron chi connectivity index (χ2n) is 10.6. The molecular weight excluding hydrogens is 430 g/mol. The first-order valence-electron chi connectivity index (χ1n) is 12.3. The van der Waals surface area contributed by atoms with E-state index < -0.39 is 17.5 Å². The van der Waals surface area contributed by atoms with Crippen molar-refractivity contribution in [3.63, 3.8) is 0 Å². The maximum absolute atomic E-state index is 13.8. The third-order valence-corrected chi connectivity index (χ3v) is 8.58. The zero-order valence-corrected chi connectivity index (χ0v) is 20.2. The summed E-state index contributed by atoms with van der Waals surface area (Å²) in [5.41, 5.74) is -0.0388. The molecule has 4 aliphatic rings. The summed E-state index contributed by atoms with van der Waals surface area (Å²) in [6.45, 7) is 7.83. The van der Waals surface area contributed by atoms with Crippen molar-refractivity contribution in [1.29, 1.82) is 0 Å². The monoisotopic (exact) mass is 463 g/mol. The fraction of sp³-hybridized carbons (Fsp3) is 0.536. The van der Waals surface area contributed by atoms with E-state index in [4.69, 9.17) is 9.47 Å². The van der Waals surface area contributed by atoms with Crippen molar-refractivity contribution in [3.8, 4) is 0 Å². The van der Waals surface area contributed by atoms with Crippen LogP contribution in [0.1, 0.15) is 46.1 Å². The summed E-state index contributed by atoms with van der Waals surface area (Å²) in [7, 11) is 0. The van der Waals surface area contributed by atoms with Gasteiger partial charge in [0.05, 0.1) is 24.0 Å². The van der Waals surface area contributed by atoms with Gasteiger partial charge >= 0.3 is 5.97 Å². The lowest BCUT2D eigenvalue weighted by atomic mass is 9.59. The van der Waals surface area contributed by atoms with Gasteiger partial charge in [0.25, 0.3) is 5.91 Å². The number of carbonyl (C=O) groups excluding carboxylic acids is 3. The molecule has 2 saturated heterocycles. The van der Waals surface area contributed by atoms with Gasteiger partial charge in [-0.15, -0.1) is 0 Å². The standard InChI is InChI=1S/C28H33NO5/c1-16-9-8-12-20-25-27(4,34-25)18(3)23-21(15-19-10-6-5-7-11-19)29-26(32)28(20,23)33-22(30)14-13-17(2)24(16)31/h5-8,10-13,16,18,20-21,23,25H,9,14-15H2,1-4H3,(H,29,32)/b12-8+,17-13-/t16-,18-,20+,21+,23-,25+,27-,28-/m0/s1. The summed E-state index contributed by atoms with van der Waals surface area (Å²) < 4.78 is 12.5. The molecule has 3 fully saturated rings. The molecule has 6 nitrogen and oxygen atoms in total. The molecule has 8 atom stereocenters. The molecule has 0 aromatic heterocycles. The lowest BCUT2D eigenvalue weighted by molar-refractivity contribution is -0.181. The zero-order chi connectivity index (χ0) is 24.3. The number of epoxide rings is 1. The summed E-state index contributed by atoms with van der Waals surface area (Å²) >= 11 is 0.